The number of ether oxygens (including phenoxy) is 1. The second kappa shape index (κ2) is 15.3. The van der Waals surface area contributed by atoms with Gasteiger partial charge in [-0.05, 0) is 71.8 Å². The molecule has 2 aliphatic rings. The van der Waals surface area contributed by atoms with Crippen molar-refractivity contribution >= 4 is 29.1 Å². The van der Waals surface area contributed by atoms with Crippen molar-refractivity contribution in [2.45, 2.75) is 83.6 Å². The van der Waals surface area contributed by atoms with Crippen molar-refractivity contribution in [3.05, 3.63) is 93.9 Å². The molecule has 1 N–H and O–H groups in total. The highest BCUT2D eigenvalue weighted by Crippen LogP contribution is 2.37. The van der Waals surface area contributed by atoms with E-state index < -0.39 is 6.04 Å². The molecule has 2 amide bonds. The van der Waals surface area contributed by atoms with E-state index in [0.29, 0.717) is 23.0 Å². The van der Waals surface area contributed by atoms with Crippen molar-refractivity contribution in [1.29, 1.82) is 0 Å². The molecule has 6 rings (SSSR count). The monoisotopic (exact) mass is 692 g/mol. The molecule has 2 aromatic heterocycles. The SMILES string of the molecule is CCC1CCC(c2ccc(-c3cnc(-c4ccc(CC(NC(=O)c5ccc(C(C)(C)C)s5)C(=O)N5CC(C(=O)OC)C5)cc4)nc3)cc2)CC1. The summed E-state index contributed by atoms with van der Waals surface area (Å²) in [5.74, 6) is 1.00. The van der Waals surface area contributed by atoms with E-state index in [4.69, 9.17) is 4.74 Å². The van der Waals surface area contributed by atoms with Crippen LogP contribution in [0, 0.1) is 11.8 Å². The molecule has 0 radical (unpaired) electrons. The molecule has 1 aliphatic carbocycles. The number of nitrogens with zero attached hydrogens (tertiary/aromatic N) is 3. The molecule has 3 heterocycles. The molecule has 9 heteroatoms. The zero-order chi connectivity index (χ0) is 35.4. The van der Waals surface area contributed by atoms with Crippen LogP contribution in [0.5, 0.6) is 0 Å². The van der Waals surface area contributed by atoms with E-state index in [2.05, 4.69) is 67.2 Å². The Kier molecular flexibility index (Phi) is 10.8. The summed E-state index contributed by atoms with van der Waals surface area (Å²) in [6.45, 7) is 9.18. The fourth-order valence-corrected chi connectivity index (χ4v) is 7.96. The number of thiophene rings is 1. The largest absolute Gasteiger partial charge is 0.469 e. The number of carbonyl (C=O) groups is 3. The van der Waals surface area contributed by atoms with Gasteiger partial charge in [0, 0.05) is 47.9 Å². The number of hydrogen-bond donors (Lipinski definition) is 1. The Hall–Kier alpha value is -4.37. The van der Waals surface area contributed by atoms with Crippen LogP contribution in [-0.2, 0) is 26.2 Å². The third-order valence-corrected chi connectivity index (χ3v) is 11.9. The van der Waals surface area contributed by atoms with E-state index in [-0.39, 0.29) is 42.2 Å². The van der Waals surface area contributed by atoms with Crippen molar-refractivity contribution in [1.82, 2.24) is 20.2 Å². The van der Waals surface area contributed by atoms with E-state index in [1.807, 2.05) is 48.8 Å². The predicted octanol–water partition coefficient (Wildman–Crippen LogP) is 7.83. The molecule has 0 spiro atoms. The van der Waals surface area contributed by atoms with Gasteiger partial charge in [-0.15, -0.1) is 11.3 Å². The molecular formula is C41H48N4O4S. The van der Waals surface area contributed by atoms with Crippen LogP contribution in [-0.4, -0.2) is 58.9 Å². The van der Waals surface area contributed by atoms with Gasteiger partial charge in [-0.25, -0.2) is 9.97 Å². The number of hydrogen-bond acceptors (Lipinski definition) is 7. The number of carbonyl (C=O) groups excluding carboxylic acids is 3. The minimum Gasteiger partial charge on any atom is -0.469 e. The van der Waals surface area contributed by atoms with E-state index in [9.17, 15) is 14.4 Å². The molecule has 1 unspecified atom stereocenters. The number of rotatable bonds is 10. The molecule has 2 aromatic carbocycles. The van der Waals surface area contributed by atoms with Crippen molar-refractivity contribution in [3.8, 4) is 22.5 Å². The number of aromatic nitrogens is 2. The minimum atomic E-state index is -0.791. The highest BCUT2D eigenvalue weighted by atomic mass is 32.1. The van der Waals surface area contributed by atoms with Crippen LogP contribution in [0.2, 0.25) is 0 Å². The zero-order valence-corrected chi connectivity index (χ0v) is 30.6. The number of benzene rings is 2. The third kappa shape index (κ3) is 8.15. The minimum absolute atomic E-state index is 0.0801. The Morgan fingerprint density at radius 1 is 0.880 bits per heavy atom. The molecule has 1 atom stereocenters. The summed E-state index contributed by atoms with van der Waals surface area (Å²) in [4.78, 5) is 51.5. The maximum atomic E-state index is 13.6. The number of amides is 2. The summed E-state index contributed by atoms with van der Waals surface area (Å²) in [5, 5.41) is 2.99. The van der Waals surface area contributed by atoms with Crippen LogP contribution in [0.15, 0.2) is 73.1 Å². The average molecular weight is 693 g/mol. The van der Waals surface area contributed by atoms with Gasteiger partial charge >= 0.3 is 5.97 Å². The third-order valence-electron chi connectivity index (χ3n) is 10.3. The van der Waals surface area contributed by atoms with Gasteiger partial charge in [-0.3, -0.25) is 14.4 Å². The van der Waals surface area contributed by atoms with Crippen LogP contribution in [0.25, 0.3) is 22.5 Å². The average Bonchev–Trinajstić information content (AvgIpc) is 3.63. The molecule has 1 saturated carbocycles. The number of likely N-dealkylation sites (tertiary alicyclic amines) is 1. The van der Waals surface area contributed by atoms with Gasteiger partial charge in [0.25, 0.3) is 5.91 Å². The van der Waals surface area contributed by atoms with Crippen LogP contribution < -0.4 is 5.32 Å². The zero-order valence-electron chi connectivity index (χ0n) is 29.8. The van der Waals surface area contributed by atoms with Crippen LogP contribution >= 0.6 is 11.3 Å². The van der Waals surface area contributed by atoms with Gasteiger partial charge < -0.3 is 15.0 Å². The van der Waals surface area contributed by atoms with Crippen molar-refractivity contribution < 1.29 is 19.1 Å². The van der Waals surface area contributed by atoms with Crippen molar-refractivity contribution in [3.63, 3.8) is 0 Å². The van der Waals surface area contributed by atoms with Gasteiger partial charge in [0.1, 0.15) is 6.04 Å². The molecular weight excluding hydrogens is 645 g/mol. The lowest BCUT2D eigenvalue weighted by Crippen LogP contribution is -2.59. The first kappa shape index (κ1) is 35.5. The molecule has 8 nitrogen and oxygen atoms in total. The van der Waals surface area contributed by atoms with Gasteiger partial charge in [-0.2, -0.15) is 0 Å². The highest BCUT2D eigenvalue weighted by molar-refractivity contribution is 7.14. The summed E-state index contributed by atoms with van der Waals surface area (Å²) in [6, 6.07) is 19.7. The molecule has 2 fully saturated rings. The Morgan fingerprint density at radius 3 is 2.10 bits per heavy atom. The maximum Gasteiger partial charge on any atom is 0.312 e. The number of methoxy groups -OCH3 is 1. The predicted molar refractivity (Wildman–Crippen MR) is 198 cm³/mol. The topological polar surface area (TPSA) is 101 Å². The molecule has 0 bridgehead atoms. The summed E-state index contributed by atoms with van der Waals surface area (Å²) in [7, 11) is 1.35. The van der Waals surface area contributed by atoms with Gasteiger partial charge in [-0.1, -0.05) is 82.6 Å². The van der Waals surface area contributed by atoms with Crippen LogP contribution in [0.1, 0.15) is 91.4 Å². The van der Waals surface area contributed by atoms with E-state index in [1.165, 1.54) is 56.1 Å². The van der Waals surface area contributed by atoms with Gasteiger partial charge in [0.2, 0.25) is 5.91 Å². The Morgan fingerprint density at radius 2 is 1.52 bits per heavy atom. The van der Waals surface area contributed by atoms with E-state index >= 15 is 0 Å². The Bertz CT molecular complexity index is 1780. The Balaban J connectivity index is 1.11. The second-order valence-corrected chi connectivity index (χ2v) is 15.9. The fourth-order valence-electron chi connectivity index (χ4n) is 6.99. The molecule has 262 valence electrons. The normalized spacial score (nSPS) is 18.6. The molecule has 1 aliphatic heterocycles. The lowest BCUT2D eigenvalue weighted by atomic mass is 9.78. The van der Waals surface area contributed by atoms with Crippen LogP contribution in [0.3, 0.4) is 0 Å². The first-order valence-electron chi connectivity index (χ1n) is 17.8. The first-order valence-corrected chi connectivity index (χ1v) is 18.6. The quantitative estimate of drug-likeness (QED) is 0.170. The maximum absolute atomic E-state index is 13.6. The smallest absolute Gasteiger partial charge is 0.312 e. The van der Waals surface area contributed by atoms with Crippen molar-refractivity contribution in [2.75, 3.05) is 20.2 Å². The summed E-state index contributed by atoms with van der Waals surface area (Å²) in [6.07, 6.45) is 10.6. The van der Waals surface area contributed by atoms with Gasteiger partial charge in [0.05, 0.1) is 17.9 Å². The first-order chi connectivity index (χ1) is 24.0. The highest BCUT2D eigenvalue weighted by Gasteiger charge is 2.39. The standard InChI is InChI=1S/C41H48N4O4S/c1-6-26-7-11-28(12-8-26)29-15-17-30(18-16-29)32-22-42-37(43-23-32)31-13-9-27(10-14-31)21-34(39(47)45-24-33(25-45)40(48)49-5)44-38(46)35-19-20-36(50-35)41(2,3)4/h9-10,13-20,22-23,26,28,33-34H,6-8,11-12,21,24-25H2,1-5H3,(H,44,46). The lowest BCUT2D eigenvalue weighted by molar-refractivity contribution is -0.156. The molecule has 1 saturated heterocycles. The number of nitrogens with one attached hydrogen (secondary N) is 1. The number of esters is 1. The summed E-state index contributed by atoms with van der Waals surface area (Å²) in [5.41, 5.74) is 5.18. The summed E-state index contributed by atoms with van der Waals surface area (Å²) < 4.78 is 4.84. The summed E-state index contributed by atoms with van der Waals surface area (Å²) >= 11 is 1.44. The second-order valence-electron chi connectivity index (χ2n) is 14.8. The fraction of sp³-hybridized carbons (Fsp3) is 0.439. The van der Waals surface area contributed by atoms with E-state index in [1.54, 1.807) is 4.90 Å². The molecule has 4 aromatic rings. The molecule has 50 heavy (non-hydrogen) atoms. The lowest BCUT2D eigenvalue weighted by Gasteiger charge is -2.39. The Labute approximate surface area is 299 Å². The van der Waals surface area contributed by atoms with Gasteiger partial charge in [0.15, 0.2) is 5.82 Å². The van der Waals surface area contributed by atoms with Crippen LogP contribution in [0.4, 0.5) is 0 Å². The van der Waals surface area contributed by atoms with E-state index in [0.717, 1.165) is 33.0 Å². The van der Waals surface area contributed by atoms with Crippen molar-refractivity contribution in [2.24, 2.45) is 11.8 Å².